The zero-order valence-electron chi connectivity index (χ0n) is 17.5. The number of aryl methyl sites for hydroxylation is 1. The van der Waals surface area contributed by atoms with Gasteiger partial charge in [-0.3, -0.25) is 4.79 Å². The first-order valence-corrected chi connectivity index (χ1v) is 10.4. The number of methoxy groups -OCH3 is 1. The Morgan fingerprint density at radius 2 is 2.12 bits per heavy atom. The van der Waals surface area contributed by atoms with Crippen molar-refractivity contribution in [3.05, 3.63) is 45.1 Å². The van der Waals surface area contributed by atoms with Crippen LogP contribution >= 0.6 is 15.9 Å². The SMILES string of the molecule is COCc1c(Br)c(C)nc(OCC2=NN(C(C)=O)C(c3ccc4c(c3)OCO4)O2)c1C#N. The van der Waals surface area contributed by atoms with Crippen LogP contribution < -0.4 is 14.2 Å². The van der Waals surface area contributed by atoms with Crippen LogP contribution in [0.15, 0.2) is 27.8 Å². The zero-order chi connectivity index (χ0) is 22.8. The standard InChI is InChI=1S/C21H19BrN4O6/c1-11-19(22)15(8-28-3)14(7-23)20(24-11)29-9-18-25-26(12(2)27)21(32-18)13-4-5-16-17(6-13)31-10-30-16/h4-6,21H,8-10H2,1-3H3. The number of aromatic nitrogens is 1. The number of halogens is 1. The smallest absolute Gasteiger partial charge is 0.247 e. The van der Waals surface area contributed by atoms with E-state index in [2.05, 4.69) is 32.1 Å². The molecule has 32 heavy (non-hydrogen) atoms. The molecule has 1 aromatic heterocycles. The third kappa shape index (κ3) is 4.06. The van der Waals surface area contributed by atoms with Gasteiger partial charge in [-0.25, -0.2) is 4.98 Å². The number of hydrazone groups is 1. The first kappa shape index (κ1) is 21.9. The van der Waals surface area contributed by atoms with Gasteiger partial charge in [0.15, 0.2) is 18.1 Å². The quantitative estimate of drug-likeness (QED) is 0.591. The minimum Gasteiger partial charge on any atom is -0.467 e. The van der Waals surface area contributed by atoms with Crippen LogP contribution in [-0.4, -0.2) is 42.3 Å². The molecule has 0 saturated carbocycles. The molecule has 1 unspecified atom stereocenters. The Kier molecular flexibility index (Phi) is 6.16. The summed E-state index contributed by atoms with van der Waals surface area (Å²) >= 11 is 3.44. The van der Waals surface area contributed by atoms with E-state index in [1.165, 1.54) is 19.0 Å². The average molecular weight is 503 g/mol. The van der Waals surface area contributed by atoms with Gasteiger partial charge in [-0.2, -0.15) is 10.3 Å². The van der Waals surface area contributed by atoms with Crippen molar-refractivity contribution in [3.8, 4) is 23.4 Å². The lowest BCUT2D eigenvalue weighted by atomic mass is 10.1. The van der Waals surface area contributed by atoms with Gasteiger partial charge in [0.2, 0.25) is 30.7 Å². The molecule has 0 aliphatic carbocycles. The van der Waals surface area contributed by atoms with E-state index in [-0.39, 0.29) is 43.3 Å². The molecule has 0 fully saturated rings. The van der Waals surface area contributed by atoms with E-state index in [4.69, 9.17) is 23.7 Å². The minimum absolute atomic E-state index is 0.125. The van der Waals surface area contributed by atoms with E-state index >= 15 is 0 Å². The van der Waals surface area contributed by atoms with E-state index < -0.39 is 6.23 Å². The topological polar surface area (TPSA) is 116 Å². The number of nitriles is 1. The van der Waals surface area contributed by atoms with Crippen molar-refractivity contribution >= 4 is 27.7 Å². The Morgan fingerprint density at radius 1 is 1.34 bits per heavy atom. The molecule has 10 nitrogen and oxygen atoms in total. The second kappa shape index (κ2) is 9.02. The van der Waals surface area contributed by atoms with Crippen LogP contribution in [0.4, 0.5) is 0 Å². The van der Waals surface area contributed by atoms with Gasteiger partial charge in [0.1, 0.15) is 11.6 Å². The molecule has 2 aromatic rings. The second-order valence-electron chi connectivity index (χ2n) is 6.94. The Balaban J connectivity index is 1.55. The maximum atomic E-state index is 12.2. The van der Waals surface area contributed by atoms with Gasteiger partial charge in [-0.15, -0.1) is 5.10 Å². The fraction of sp³-hybridized carbons (Fsp3) is 0.333. The van der Waals surface area contributed by atoms with Crippen LogP contribution in [0.5, 0.6) is 17.4 Å². The summed E-state index contributed by atoms with van der Waals surface area (Å²) in [5.41, 5.74) is 2.19. The van der Waals surface area contributed by atoms with E-state index in [1.807, 2.05) is 0 Å². The Hall–Kier alpha value is -3.36. The summed E-state index contributed by atoms with van der Waals surface area (Å²) in [6.45, 7) is 3.41. The van der Waals surface area contributed by atoms with E-state index in [1.54, 1.807) is 25.1 Å². The normalized spacial score (nSPS) is 16.4. The Labute approximate surface area is 192 Å². The number of carbonyl (C=O) groups is 1. The number of carbonyl (C=O) groups excluding carboxylic acids is 1. The van der Waals surface area contributed by atoms with Crippen molar-refractivity contribution in [1.82, 2.24) is 9.99 Å². The van der Waals surface area contributed by atoms with Gasteiger partial charge < -0.3 is 23.7 Å². The molecule has 3 heterocycles. The second-order valence-corrected chi connectivity index (χ2v) is 7.74. The van der Waals surface area contributed by atoms with Crippen molar-refractivity contribution in [2.75, 3.05) is 20.5 Å². The van der Waals surface area contributed by atoms with Gasteiger partial charge in [0.05, 0.1) is 12.3 Å². The Bertz CT molecular complexity index is 1150. The number of nitrogens with zero attached hydrogens (tertiary/aromatic N) is 4. The lowest BCUT2D eigenvalue weighted by molar-refractivity contribution is -0.135. The fourth-order valence-electron chi connectivity index (χ4n) is 3.29. The number of hydrogen-bond donors (Lipinski definition) is 0. The summed E-state index contributed by atoms with van der Waals surface area (Å²) in [4.78, 5) is 16.5. The van der Waals surface area contributed by atoms with Gasteiger partial charge in [-0.05, 0) is 41.1 Å². The summed E-state index contributed by atoms with van der Waals surface area (Å²) in [6, 6.07) is 7.38. The third-order valence-corrected chi connectivity index (χ3v) is 5.85. The van der Waals surface area contributed by atoms with Gasteiger partial charge >= 0.3 is 0 Å². The molecule has 0 bridgehead atoms. The summed E-state index contributed by atoms with van der Waals surface area (Å²) in [6.07, 6.45) is -0.778. The van der Waals surface area contributed by atoms with Crippen molar-refractivity contribution in [1.29, 1.82) is 5.26 Å². The average Bonchev–Trinajstić information content (AvgIpc) is 3.42. The molecule has 0 radical (unpaired) electrons. The molecular weight excluding hydrogens is 484 g/mol. The predicted octanol–water partition coefficient (Wildman–Crippen LogP) is 3.17. The predicted molar refractivity (Wildman–Crippen MR) is 114 cm³/mol. The molecular formula is C21H19BrN4O6. The summed E-state index contributed by atoms with van der Waals surface area (Å²) in [5.74, 6) is 1.19. The van der Waals surface area contributed by atoms with Crippen LogP contribution in [0.3, 0.4) is 0 Å². The van der Waals surface area contributed by atoms with E-state index in [9.17, 15) is 10.1 Å². The number of fused-ring (bicyclic) bond motifs is 1. The number of hydrogen-bond acceptors (Lipinski definition) is 9. The number of rotatable bonds is 6. The minimum atomic E-state index is -0.778. The molecule has 2 aliphatic heterocycles. The molecule has 4 rings (SSSR count). The zero-order valence-corrected chi connectivity index (χ0v) is 19.1. The van der Waals surface area contributed by atoms with Crippen molar-refractivity contribution in [2.24, 2.45) is 5.10 Å². The van der Waals surface area contributed by atoms with Crippen LogP contribution in [0.1, 0.15) is 35.5 Å². The molecule has 2 aliphatic rings. The van der Waals surface area contributed by atoms with Gasteiger partial charge in [0.25, 0.3) is 0 Å². The van der Waals surface area contributed by atoms with Crippen molar-refractivity contribution in [3.63, 3.8) is 0 Å². The highest BCUT2D eigenvalue weighted by atomic mass is 79.9. The maximum absolute atomic E-state index is 12.2. The lowest BCUT2D eigenvalue weighted by Gasteiger charge is -2.19. The fourth-order valence-corrected chi connectivity index (χ4v) is 3.69. The third-order valence-electron chi connectivity index (χ3n) is 4.79. The number of benzene rings is 1. The first-order valence-electron chi connectivity index (χ1n) is 9.57. The summed E-state index contributed by atoms with van der Waals surface area (Å²) in [7, 11) is 1.54. The molecule has 11 heteroatoms. The molecule has 1 atom stereocenters. The summed E-state index contributed by atoms with van der Waals surface area (Å²) < 4.78 is 28.3. The van der Waals surface area contributed by atoms with Gasteiger partial charge in [0, 0.05) is 29.6 Å². The van der Waals surface area contributed by atoms with Crippen LogP contribution in [0, 0.1) is 18.3 Å². The van der Waals surface area contributed by atoms with Crippen LogP contribution in [0.2, 0.25) is 0 Å². The highest BCUT2D eigenvalue weighted by Crippen LogP contribution is 2.37. The van der Waals surface area contributed by atoms with Crippen LogP contribution in [0.25, 0.3) is 0 Å². The molecule has 0 N–H and O–H groups in total. The first-order chi connectivity index (χ1) is 15.4. The maximum Gasteiger partial charge on any atom is 0.247 e. The molecule has 0 saturated heterocycles. The number of pyridine rings is 1. The molecule has 1 aromatic carbocycles. The lowest BCUT2D eigenvalue weighted by Crippen LogP contribution is -2.25. The van der Waals surface area contributed by atoms with Crippen molar-refractivity contribution < 1.29 is 28.5 Å². The molecule has 0 spiro atoms. The number of ether oxygens (including phenoxy) is 5. The highest BCUT2D eigenvalue weighted by Gasteiger charge is 2.34. The summed E-state index contributed by atoms with van der Waals surface area (Å²) in [5, 5.41) is 15.1. The molecule has 1 amide bonds. The van der Waals surface area contributed by atoms with Crippen LogP contribution in [-0.2, 0) is 20.9 Å². The Morgan fingerprint density at radius 3 is 2.84 bits per heavy atom. The highest BCUT2D eigenvalue weighted by molar-refractivity contribution is 9.10. The molecule has 166 valence electrons. The van der Waals surface area contributed by atoms with Gasteiger partial charge in [-0.1, -0.05) is 0 Å². The number of amides is 1. The monoisotopic (exact) mass is 502 g/mol. The van der Waals surface area contributed by atoms with E-state index in [0.29, 0.717) is 32.8 Å². The van der Waals surface area contributed by atoms with E-state index in [0.717, 1.165) is 0 Å². The van der Waals surface area contributed by atoms with Crippen molar-refractivity contribution in [2.45, 2.75) is 26.7 Å². The largest absolute Gasteiger partial charge is 0.467 e.